The Kier molecular flexibility index (Phi) is 3.77. The van der Waals surface area contributed by atoms with Crippen LogP contribution < -0.4 is 4.72 Å². The number of carbonyl (C=O) groups is 1. The first-order valence-electron chi connectivity index (χ1n) is 9.08. The number of sulfonamides is 1. The van der Waals surface area contributed by atoms with E-state index in [0.29, 0.717) is 0 Å². The van der Waals surface area contributed by atoms with Crippen molar-refractivity contribution >= 4 is 33.3 Å². The highest BCUT2D eigenvalue weighted by atomic mass is 35.5. The highest BCUT2D eigenvalue weighted by molar-refractivity contribution is 7.93. The van der Waals surface area contributed by atoms with Gasteiger partial charge >= 0.3 is 5.97 Å². The summed E-state index contributed by atoms with van der Waals surface area (Å²) >= 11 is 5.80. The number of hydrogen-bond donors (Lipinski definition) is 1. The molecular formula is C15H17ClFNO4S. The van der Waals surface area contributed by atoms with Crippen molar-refractivity contribution < 1.29 is 29.2 Å². The van der Waals surface area contributed by atoms with Crippen LogP contribution in [0.2, 0.25) is 5.02 Å². The first-order valence-corrected chi connectivity index (χ1v) is 8.50. The van der Waals surface area contributed by atoms with Gasteiger partial charge in [-0.25, -0.2) is 17.6 Å². The van der Waals surface area contributed by atoms with E-state index in [1.807, 2.05) is 4.72 Å². The summed E-state index contributed by atoms with van der Waals surface area (Å²) < 4.78 is 85.7. The molecule has 0 bridgehead atoms. The molecule has 2 rings (SSSR count). The number of rotatable bonds is 5. The van der Waals surface area contributed by atoms with Gasteiger partial charge in [0.15, 0.2) is 0 Å². The molecule has 0 heterocycles. The number of anilines is 1. The Morgan fingerprint density at radius 1 is 1.61 bits per heavy atom. The van der Waals surface area contributed by atoms with E-state index in [9.17, 15) is 17.6 Å². The van der Waals surface area contributed by atoms with E-state index in [-0.39, 0.29) is 17.3 Å². The molecule has 1 aromatic rings. The Hall–Kier alpha value is -1.60. The van der Waals surface area contributed by atoms with Crippen LogP contribution in [0.25, 0.3) is 0 Å². The van der Waals surface area contributed by atoms with Gasteiger partial charge in [-0.05, 0) is 44.3 Å². The van der Waals surface area contributed by atoms with Crippen molar-refractivity contribution in [1.29, 1.82) is 0 Å². The highest BCUT2D eigenvalue weighted by Crippen LogP contribution is 2.30. The van der Waals surface area contributed by atoms with Crippen molar-refractivity contribution in [3.05, 3.63) is 40.7 Å². The topological polar surface area (TPSA) is 72.5 Å². The lowest BCUT2D eigenvalue weighted by Crippen LogP contribution is -2.34. The lowest BCUT2D eigenvalue weighted by Gasteiger charge is -2.24. The second-order valence-corrected chi connectivity index (χ2v) is 6.63. The second-order valence-electron chi connectivity index (χ2n) is 4.46. The third kappa shape index (κ3) is 4.23. The first-order chi connectivity index (χ1) is 12.7. The van der Waals surface area contributed by atoms with E-state index in [0.717, 1.165) is 18.2 Å². The number of allylic oxidation sites excluding steroid dienone is 1. The molecule has 0 saturated heterocycles. The van der Waals surface area contributed by atoms with E-state index in [1.54, 1.807) is 0 Å². The number of nitrogens with one attached hydrogen (secondary N) is 1. The lowest BCUT2D eigenvalue weighted by molar-refractivity contribution is -0.138. The summed E-state index contributed by atoms with van der Waals surface area (Å²) in [5.74, 6) is -1.97. The van der Waals surface area contributed by atoms with Gasteiger partial charge in [0.1, 0.15) is 11.1 Å². The quantitative estimate of drug-likeness (QED) is 0.812. The maximum absolute atomic E-state index is 13.2. The molecule has 0 unspecified atom stereocenters. The molecule has 0 aromatic heterocycles. The number of benzene rings is 1. The third-order valence-electron chi connectivity index (χ3n) is 2.85. The maximum atomic E-state index is 13.2. The molecule has 1 atom stereocenters. The Labute approximate surface area is 146 Å². The molecule has 23 heavy (non-hydrogen) atoms. The van der Waals surface area contributed by atoms with Crippen molar-refractivity contribution in [3.8, 4) is 0 Å². The number of halogens is 2. The van der Waals surface area contributed by atoms with Gasteiger partial charge in [0.25, 0.3) is 0 Å². The molecule has 0 spiro atoms. The van der Waals surface area contributed by atoms with E-state index in [4.69, 9.17) is 23.2 Å². The minimum atomic E-state index is -4.85. The van der Waals surface area contributed by atoms with Crippen molar-refractivity contribution in [2.24, 2.45) is 0 Å². The van der Waals surface area contributed by atoms with Gasteiger partial charge in [-0.3, -0.25) is 4.72 Å². The Morgan fingerprint density at radius 3 is 3.00 bits per heavy atom. The molecule has 126 valence electrons. The summed E-state index contributed by atoms with van der Waals surface area (Å²) in [6.07, 6.45) is -6.65. The fraction of sp³-hybridized carbons (Fsp3) is 0.400. The smallest absolute Gasteiger partial charge is 0.335 e. The molecule has 0 aliphatic heterocycles. The van der Waals surface area contributed by atoms with E-state index in [2.05, 4.69) is 0 Å². The van der Waals surface area contributed by atoms with E-state index in [1.165, 1.54) is 6.92 Å². The molecule has 1 N–H and O–H groups in total. The summed E-state index contributed by atoms with van der Waals surface area (Å²) in [7, 11) is -4.85. The van der Waals surface area contributed by atoms with Crippen LogP contribution in [0.15, 0.2) is 29.8 Å². The maximum Gasteiger partial charge on any atom is 0.335 e. The van der Waals surface area contributed by atoms with Crippen LogP contribution in [-0.2, 0) is 19.6 Å². The van der Waals surface area contributed by atoms with Gasteiger partial charge in [0.2, 0.25) is 10.0 Å². The standard InChI is InChI=1S/C15H17ClFNO4S/c1-2-22-15(19)11-5-3-4-6-14(11)23(20,21)18-13-8-7-10(17)9-12(13)16/h5,7-9,14,18H,2-4,6H2,1H3/t14-/m1/s1/i4D2,5D,6D2. The second kappa shape index (κ2) is 7.31. The molecule has 0 amide bonds. The van der Waals surface area contributed by atoms with Crippen molar-refractivity contribution in [3.63, 3.8) is 0 Å². The summed E-state index contributed by atoms with van der Waals surface area (Å²) in [5.41, 5.74) is -1.09. The summed E-state index contributed by atoms with van der Waals surface area (Å²) in [4.78, 5) is 12.3. The van der Waals surface area contributed by atoms with Crippen LogP contribution in [0, 0.1) is 5.82 Å². The first kappa shape index (κ1) is 11.9. The third-order valence-corrected chi connectivity index (χ3v) is 4.64. The van der Waals surface area contributed by atoms with Crippen molar-refractivity contribution in [1.82, 2.24) is 0 Å². The van der Waals surface area contributed by atoms with Crippen LogP contribution in [0.4, 0.5) is 10.1 Å². The largest absolute Gasteiger partial charge is 0.463 e. The van der Waals surface area contributed by atoms with Gasteiger partial charge in [0, 0.05) is 5.48 Å². The number of esters is 1. The molecule has 5 nitrogen and oxygen atoms in total. The minimum Gasteiger partial charge on any atom is -0.463 e. The molecule has 1 aliphatic carbocycles. The number of hydrogen-bond acceptors (Lipinski definition) is 4. The zero-order valence-electron chi connectivity index (χ0n) is 17.0. The molecular weight excluding hydrogens is 345 g/mol. The van der Waals surface area contributed by atoms with Crippen LogP contribution in [0.1, 0.15) is 32.9 Å². The predicted molar refractivity (Wildman–Crippen MR) is 86.3 cm³/mol. The Bertz CT molecular complexity index is 938. The molecule has 0 fully saturated rings. The average Bonchev–Trinajstić information content (AvgIpc) is 2.53. The van der Waals surface area contributed by atoms with Crippen molar-refractivity contribution in [2.75, 3.05) is 11.3 Å². The van der Waals surface area contributed by atoms with E-state index >= 15 is 0 Å². The summed E-state index contributed by atoms with van der Waals surface area (Å²) in [5, 5.41) is -2.72. The van der Waals surface area contributed by atoms with Crippen LogP contribution in [-0.4, -0.2) is 26.2 Å². The Morgan fingerprint density at radius 2 is 2.35 bits per heavy atom. The molecule has 1 aromatic carbocycles. The predicted octanol–water partition coefficient (Wildman–Crippen LogP) is 3.26. The Balaban J connectivity index is 2.63. The van der Waals surface area contributed by atoms with Crippen molar-refractivity contribution in [2.45, 2.75) is 31.3 Å². The zero-order chi connectivity index (χ0) is 21.5. The van der Waals surface area contributed by atoms with Crippen LogP contribution in [0.3, 0.4) is 0 Å². The minimum absolute atomic E-state index is 0.157. The van der Waals surface area contributed by atoms with Gasteiger partial charge in [0.05, 0.1) is 24.3 Å². The SMILES string of the molecule is [2H]C1=C(C(=O)OCC)[C@H](S(=O)(=O)Nc2ccc(F)cc2Cl)C([2H])([2H])C([2H])([2H])C1. The summed E-state index contributed by atoms with van der Waals surface area (Å²) in [6.45, 7) is 1.29. The fourth-order valence-electron chi connectivity index (χ4n) is 1.85. The van der Waals surface area contributed by atoms with E-state index < -0.39 is 57.9 Å². The fourth-order valence-corrected chi connectivity index (χ4v) is 3.45. The number of ether oxygens (including phenoxy) is 1. The van der Waals surface area contributed by atoms with Gasteiger partial charge in [-0.1, -0.05) is 17.7 Å². The van der Waals surface area contributed by atoms with Gasteiger partial charge in [-0.15, -0.1) is 0 Å². The monoisotopic (exact) mass is 366 g/mol. The normalized spacial score (nSPS) is 26.2. The summed E-state index contributed by atoms with van der Waals surface area (Å²) in [6, 6.07) is 2.06. The zero-order valence-corrected chi connectivity index (χ0v) is 13.6. The average molecular weight is 367 g/mol. The highest BCUT2D eigenvalue weighted by Gasteiger charge is 2.35. The lowest BCUT2D eigenvalue weighted by atomic mass is 9.99. The molecule has 0 saturated carbocycles. The van der Waals surface area contributed by atoms with Gasteiger partial charge in [-0.2, -0.15) is 0 Å². The van der Waals surface area contributed by atoms with Crippen LogP contribution >= 0.6 is 11.6 Å². The van der Waals surface area contributed by atoms with Crippen LogP contribution in [0.5, 0.6) is 0 Å². The number of carbonyl (C=O) groups excluding carboxylic acids is 1. The molecule has 8 heteroatoms. The molecule has 1 aliphatic rings. The molecule has 0 radical (unpaired) electrons. The van der Waals surface area contributed by atoms with Gasteiger partial charge < -0.3 is 4.74 Å².